The fraction of sp³-hybridized carbons (Fsp3) is 0.538. The quantitative estimate of drug-likeness (QED) is 0.669. The van der Waals surface area contributed by atoms with E-state index in [-0.39, 0.29) is 17.6 Å². The maximum Gasteiger partial charge on any atom is 0.292 e. The largest absolute Gasteiger partial charge is 0.324 e. The lowest BCUT2D eigenvalue weighted by Gasteiger charge is -2.18. The minimum atomic E-state index is -0.497. The van der Waals surface area contributed by atoms with Crippen molar-refractivity contribution in [3.63, 3.8) is 0 Å². The van der Waals surface area contributed by atoms with Crippen molar-refractivity contribution in [2.75, 3.05) is 18.9 Å². The lowest BCUT2D eigenvalue weighted by molar-refractivity contribution is -0.385. The first-order chi connectivity index (χ1) is 9.47. The summed E-state index contributed by atoms with van der Waals surface area (Å²) in [5, 5.41) is 13.5. The molecular formula is C13H18N4O3. The Kier molecular flexibility index (Phi) is 4.29. The number of aryl methyl sites for hydroxylation is 1. The van der Waals surface area contributed by atoms with Gasteiger partial charge in [-0.3, -0.25) is 19.9 Å². The molecule has 1 fully saturated rings. The molecule has 1 atom stereocenters. The fourth-order valence-electron chi connectivity index (χ4n) is 2.44. The predicted molar refractivity (Wildman–Crippen MR) is 74.5 cm³/mol. The number of anilines is 1. The van der Waals surface area contributed by atoms with Crippen molar-refractivity contribution >= 4 is 17.3 Å². The Morgan fingerprint density at radius 2 is 2.40 bits per heavy atom. The number of hydrogen-bond donors (Lipinski definition) is 1. The smallest absolute Gasteiger partial charge is 0.292 e. The molecule has 2 rings (SSSR count). The summed E-state index contributed by atoms with van der Waals surface area (Å²) < 4.78 is 0. The zero-order valence-corrected chi connectivity index (χ0v) is 11.6. The molecule has 1 amide bonds. The monoisotopic (exact) mass is 278 g/mol. The van der Waals surface area contributed by atoms with Crippen LogP contribution in [0, 0.1) is 17.0 Å². The first kappa shape index (κ1) is 14.4. The SMILES string of the molecule is Cc1ncc(NC(=O)C[C@@H]2CCCN2C)cc1[N+](=O)[O-]. The van der Waals surface area contributed by atoms with Gasteiger partial charge in [-0.15, -0.1) is 0 Å². The molecule has 1 aromatic rings. The van der Waals surface area contributed by atoms with Crippen molar-refractivity contribution in [2.24, 2.45) is 0 Å². The summed E-state index contributed by atoms with van der Waals surface area (Å²) in [6.45, 7) is 2.58. The van der Waals surface area contributed by atoms with E-state index in [1.54, 1.807) is 6.92 Å². The Morgan fingerprint density at radius 3 is 3.00 bits per heavy atom. The summed E-state index contributed by atoms with van der Waals surface area (Å²) in [4.78, 5) is 28.4. The summed E-state index contributed by atoms with van der Waals surface area (Å²) in [6.07, 6.45) is 3.96. The number of aromatic nitrogens is 1. The molecule has 0 aliphatic carbocycles. The second-order valence-electron chi connectivity index (χ2n) is 5.11. The van der Waals surface area contributed by atoms with Gasteiger partial charge in [-0.1, -0.05) is 0 Å². The number of rotatable bonds is 4. The van der Waals surface area contributed by atoms with Gasteiger partial charge in [0.15, 0.2) is 0 Å². The molecule has 1 saturated heterocycles. The van der Waals surface area contributed by atoms with Gasteiger partial charge in [-0.25, -0.2) is 0 Å². The normalized spacial score (nSPS) is 19.0. The Balaban J connectivity index is 2.00. The molecule has 1 aromatic heterocycles. The van der Waals surface area contributed by atoms with E-state index in [0.29, 0.717) is 17.8 Å². The van der Waals surface area contributed by atoms with E-state index in [4.69, 9.17) is 0 Å². The molecule has 7 nitrogen and oxygen atoms in total. The number of pyridine rings is 1. The molecule has 0 aromatic carbocycles. The topological polar surface area (TPSA) is 88.4 Å². The van der Waals surface area contributed by atoms with Crippen LogP contribution in [-0.4, -0.2) is 40.3 Å². The molecule has 108 valence electrons. The Hall–Kier alpha value is -2.02. The summed E-state index contributed by atoms with van der Waals surface area (Å²) in [7, 11) is 2.00. The van der Waals surface area contributed by atoms with Gasteiger partial charge in [-0.05, 0) is 33.4 Å². The van der Waals surface area contributed by atoms with Gasteiger partial charge >= 0.3 is 0 Å². The van der Waals surface area contributed by atoms with Crippen molar-refractivity contribution in [3.05, 3.63) is 28.1 Å². The molecule has 0 spiro atoms. The van der Waals surface area contributed by atoms with Crippen LogP contribution >= 0.6 is 0 Å². The Bertz CT molecular complexity index is 532. The van der Waals surface area contributed by atoms with Crippen LogP contribution in [0.25, 0.3) is 0 Å². The molecule has 1 N–H and O–H groups in total. The first-order valence-electron chi connectivity index (χ1n) is 6.58. The summed E-state index contributed by atoms with van der Waals surface area (Å²) in [5.41, 5.74) is 0.622. The van der Waals surface area contributed by atoms with Crippen LogP contribution in [0.2, 0.25) is 0 Å². The van der Waals surface area contributed by atoms with Crippen LogP contribution in [-0.2, 0) is 4.79 Å². The highest BCUT2D eigenvalue weighted by molar-refractivity contribution is 5.91. The number of carbonyl (C=O) groups is 1. The van der Waals surface area contributed by atoms with Crippen molar-refractivity contribution in [1.82, 2.24) is 9.88 Å². The van der Waals surface area contributed by atoms with Crippen molar-refractivity contribution in [1.29, 1.82) is 0 Å². The van der Waals surface area contributed by atoms with Gasteiger partial charge in [0.25, 0.3) is 5.69 Å². The molecule has 1 aliphatic heterocycles. The molecule has 0 bridgehead atoms. The summed E-state index contributed by atoms with van der Waals surface area (Å²) in [6, 6.07) is 1.60. The Labute approximate surface area is 117 Å². The highest BCUT2D eigenvalue weighted by atomic mass is 16.6. The van der Waals surface area contributed by atoms with E-state index >= 15 is 0 Å². The van der Waals surface area contributed by atoms with Crippen molar-refractivity contribution in [3.8, 4) is 0 Å². The highest BCUT2D eigenvalue weighted by Gasteiger charge is 2.23. The zero-order chi connectivity index (χ0) is 14.7. The molecule has 20 heavy (non-hydrogen) atoms. The molecule has 0 radical (unpaired) electrons. The van der Waals surface area contributed by atoms with Crippen LogP contribution < -0.4 is 5.32 Å². The molecule has 1 aliphatic rings. The van der Waals surface area contributed by atoms with Crippen LogP contribution in [0.5, 0.6) is 0 Å². The second-order valence-corrected chi connectivity index (χ2v) is 5.11. The highest BCUT2D eigenvalue weighted by Crippen LogP contribution is 2.21. The number of nitrogens with zero attached hydrogens (tertiary/aromatic N) is 3. The summed E-state index contributed by atoms with van der Waals surface area (Å²) >= 11 is 0. The maximum atomic E-state index is 11.9. The molecule has 7 heteroatoms. The summed E-state index contributed by atoms with van der Waals surface area (Å²) in [5.74, 6) is -0.135. The lowest BCUT2D eigenvalue weighted by atomic mass is 10.1. The van der Waals surface area contributed by atoms with Crippen LogP contribution in [0.1, 0.15) is 25.0 Å². The van der Waals surface area contributed by atoms with Gasteiger partial charge in [-0.2, -0.15) is 0 Å². The first-order valence-corrected chi connectivity index (χ1v) is 6.58. The number of likely N-dealkylation sites (tertiary alicyclic amines) is 1. The standard InChI is InChI=1S/C13H18N4O3/c1-9-12(17(19)20)6-10(8-14-9)15-13(18)7-11-4-3-5-16(11)2/h6,8,11H,3-5,7H2,1-2H3,(H,15,18)/t11-/m0/s1. The third-order valence-corrected chi connectivity index (χ3v) is 3.63. The zero-order valence-electron chi connectivity index (χ0n) is 11.6. The fourth-order valence-corrected chi connectivity index (χ4v) is 2.44. The van der Waals surface area contributed by atoms with E-state index < -0.39 is 4.92 Å². The van der Waals surface area contributed by atoms with Gasteiger partial charge < -0.3 is 10.2 Å². The number of hydrogen-bond acceptors (Lipinski definition) is 5. The van der Waals surface area contributed by atoms with Crippen LogP contribution in [0.3, 0.4) is 0 Å². The number of amides is 1. The predicted octanol–water partition coefficient (Wildman–Crippen LogP) is 1.72. The van der Waals surface area contributed by atoms with E-state index in [1.807, 2.05) is 7.05 Å². The lowest BCUT2D eigenvalue weighted by Crippen LogP contribution is -2.29. The molecule has 0 unspecified atom stereocenters. The molecular weight excluding hydrogens is 260 g/mol. The van der Waals surface area contributed by atoms with Crippen LogP contribution in [0.4, 0.5) is 11.4 Å². The average Bonchev–Trinajstić information content (AvgIpc) is 2.77. The third-order valence-electron chi connectivity index (χ3n) is 3.63. The maximum absolute atomic E-state index is 11.9. The molecule has 2 heterocycles. The van der Waals surface area contributed by atoms with E-state index in [1.165, 1.54) is 12.3 Å². The van der Waals surface area contributed by atoms with Crippen molar-refractivity contribution < 1.29 is 9.72 Å². The number of nitrogens with one attached hydrogen (secondary N) is 1. The third kappa shape index (κ3) is 3.30. The minimum Gasteiger partial charge on any atom is -0.324 e. The van der Waals surface area contributed by atoms with Gasteiger partial charge in [0.05, 0.1) is 16.8 Å². The van der Waals surface area contributed by atoms with E-state index in [9.17, 15) is 14.9 Å². The van der Waals surface area contributed by atoms with Gasteiger partial charge in [0.1, 0.15) is 5.69 Å². The molecule has 0 saturated carbocycles. The van der Waals surface area contributed by atoms with Gasteiger partial charge in [0.2, 0.25) is 5.91 Å². The average molecular weight is 278 g/mol. The van der Waals surface area contributed by atoms with E-state index in [2.05, 4.69) is 15.2 Å². The second kappa shape index (κ2) is 5.96. The van der Waals surface area contributed by atoms with Gasteiger partial charge in [0, 0.05) is 18.5 Å². The number of nitro groups is 1. The van der Waals surface area contributed by atoms with Crippen LogP contribution in [0.15, 0.2) is 12.3 Å². The minimum absolute atomic E-state index is 0.0826. The number of carbonyl (C=O) groups excluding carboxylic acids is 1. The van der Waals surface area contributed by atoms with Crippen molar-refractivity contribution in [2.45, 2.75) is 32.2 Å². The van der Waals surface area contributed by atoms with E-state index in [0.717, 1.165) is 19.4 Å². The Morgan fingerprint density at radius 1 is 1.65 bits per heavy atom.